The van der Waals surface area contributed by atoms with E-state index in [0.29, 0.717) is 49.0 Å². The summed E-state index contributed by atoms with van der Waals surface area (Å²) in [5.74, 6) is 2.80. The summed E-state index contributed by atoms with van der Waals surface area (Å²) in [6.07, 6.45) is 3.30. The van der Waals surface area contributed by atoms with Gasteiger partial charge in [-0.25, -0.2) is 9.67 Å². The van der Waals surface area contributed by atoms with E-state index in [1.165, 1.54) is 6.33 Å². The van der Waals surface area contributed by atoms with Crippen molar-refractivity contribution in [2.75, 3.05) is 31.1 Å². The molecule has 0 N–H and O–H groups in total. The van der Waals surface area contributed by atoms with Gasteiger partial charge in [0.15, 0.2) is 5.76 Å². The van der Waals surface area contributed by atoms with Gasteiger partial charge in [0.25, 0.3) is 11.7 Å². The molecule has 1 saturated heterocycles. The van der Waals surface area contributed by atoms with Crippen molar-refractivity contribution in [2.45, 2.75) is 13.8 Å². The lowest BCUT2D eigenvalue weighted by atomic mass is 10.1. The summed E-state index contributed by atoms with van der Waals surface area (Å²) in [5.41, 5.74) is 2.83. The molecule has 5 heterocycles. The molecule has 6 rings (SSSR count). The Morgan fingerprint density at radius 3 is 2.54 bits per heavy atom. The number of benzene rings is 1. The van der Waals surface area contributed by atoms with Crippen molar-refractivity contribution < 1.29 is 9.21 Å². The molecule has 0 saturated carbocycles. The quantitative estimate of drug-likeness (QED) is 0.400. The van der Waals surface area contributed by atoms with Crippen LogP contribution >= 0.6 is 0 Å². The Kier molecular flexibility index (Phi) is 5.05. The van der Waals surface area contributed by atoms with Crippen LogP contribution in [0, 0.1) is 13.8 Å². The number of furan rings is 1. The molecular formula is C25H24N8O2. The molecule has 10 nitrogen and oxygen atoms in total. The summed E-state index contributed by atoms with van der Waals surface area (Å²) < 4.78 is 9.32. The number of aryl methyl sites for hydroxylation is 2. The van der Waals surface area contributed by atoms with E-state index in [2.05, 4.69) is 20.0 Å². The van der Waals surface area contributed by atoms with Crippen LogP contribution in [0.4, 0.5) is 5.82 Å². The van der Waals surface area contributed by atoms with Crippen LogP contribution in [0.1, 0.15) is 21.8 Å². The molecule has 0 unspecified atom stereocenters. The van der Waals surface area contributed by atoms with Gasteiger partial charge in [0.05, 0.1) is 11.3 Å². The van der Waals surface area contributed by atoms with Gasteiger partial charge in [-0.05, 0) is 38.1 Å². The first-order valence-electron chi connectivity index (χ1n) is 11.5. The van der Waals surface area contributed by atoms with Crippen LogP contribution in [-0.4, -0.2) is 66.3 Å². The summed E-state index contributed by atoms with van der Waals surface area (Å²) in [6.45, 7) is 6.32. The van der Waals surface area contributed by atoms with Crippen LogP contribution < -0.4 is 4.90 Å². The van der Waals surface area contributed by atoms with Crippen molar-refractivity contribution in [1.29, 1.82) is 0 Å². The molecule has 1 aliphatic heterocycles. The van der Waals surface area contributed by atoms with Crippen LogP contribution in [0.15, 0.2) is 65.5 Å². The minimum absolute atomic E-state index is 0.0623. The van der Waals surface area contributed by atoms with E-state index in [9.17, 15) is 4.79 Å². The van der Waals surface area contributed by atoms with Crippen molar-refractivity contribution in [2.24, 2.45) is 0 Å². The highest BCUT2D eigenvalue weighted by molar-refractivity contribution is 5.99. The summed E-state index contributed by atoms with van der Waals surface area (Å²) in [5, 5.41) is 9.03. The maximum atomic E-state index is 13.7. The van der Waals surface area contributed by atoms with Crippen LogP contribution in [0.25, 0.3) is 22.9 Å². The molecular weight excluding hydrogens is 444 g/mol. The maximum absolute atomic E-state index is 13.7. The van der Waals surface area contributed by atoms with Crippen LogP contribution in [-0.2, 0) is 0 Å². The normalized spacial score (nSPS) is 14.1. The zero-order chi connectivity index (χ0) is 23.9. The highest BCUT2D eigenvalue weighted by atomic mass is 16.3. The van der Waals surface area contributed by atoms with Gasteiger partial charge in [-0.15, -0.1) is 0 Å². The fraction of sp³-hybridized carbons (Fsp3) is 0.240. The number of para-hydroxylation sites is 1. The smallest absolute Gasteiger partial charge is 0.257 e. The van der Waals surface area contributed by atoms with Gasteiger partial charge in [-0.3, -0.25) is 4.79 Å². The third-order valence-electron chi connectivity index (χ3n) is 6.19. The third-order valence-corrected chi connectivity index (χ3v) is 6.19. The molecule has 1 aromatic carbocycles. The largest absolute Gasteiger partial charge is 0.460 e. The van der Waals surface area contributed by atoms with Gasteiger partial charge >= 0.3 is 0 Å². The second kappa shape index (κ2) is 8.39. The number of hydrogen-bond acceptors (Lipinski definition) is 7. The molecule has 0 bridgehead atoms. The molecule has 5 aromatic rings. The summed E-state index contributed by atoms with van der Waals surface area (Å²) in [4.78, 5) is 26.4. The summed E-state index contributed by atoms with van der Waals surface area (Å²) in [6, 6.07) is 15.5. The number of rotatable bonds is 4. The summed E-state index contributed by atoms with van der Waals surface area (Å²) >= 11 is 0. The highest BCUT2D eigenvalue weighted by Gasteiger charge is 2.28. The monoisotopic (exact) mass is 468 g/mol. The zero-order valence-electron chi connectivity index (χ0n) is 19.5. The second-order valence-corrected chi connectivity index (χ2v) is 8.59. The average molecular weight is 469 g/mol. The predicted molar refractivity (Wildman–Crippen MR) is 130 cm³/mol. The number of aromatic nitrogens is 6. The third kappa shape index (κ3) is 3.82. The Labute approximate surface area is 201 Å². The van der Waals surface area contributed by atoms with Crippen LogP contribution in [0.5, 0.6) is 0 Å². The number of carbonyl (C=O) groups is 1. The van der Waals surface area contributed by atoms with Crippen molar-refractivity contribution in [3.05, 3.63) is 78.1 Å². The van der Waals surface area contributed by atoms with Crippen molar-refractivity contribution in [1.82, 2.24) is 34.3 Å². The van der Waals surface area contributed by atoms with E-state index >= 15 is 0 Å². The molecule has 1 amide bonds. The Morgan fingerprint density at radius 2 is 1.80 bits per heavy atom. The fourth-order valence-electron chi connectivity index (χ4n) is 4.43. The van der Waals surface area contributed by atoms with Crippen molar-refractivity contribution >= 4 is 17.5 Å². The molecule has 4 aromatic heterocycles. The second-order valence-electron chi connectivity index (χ2n) is 8.59. The van der Waals surface area contributed by atoms with E-state index in [4.69, 9.17) is 9.52 Å². The number of nitrogens with zero attached hydrogens (tertiary/aromatic N) is 8. The Morgan fingerprint density at radius 1 is 1.00 bits per heavy atom. The zero-order valence-corrected chi connectivity index (χ0v) is 19.5. The first-order valence-corrected chi connectivity index (χ1v) is 11.5. The Bertz CT molecular complexity index is 1510. The Balaban J connectivity index is 1.28. The van der Waals surface area contributed by atoms with E-state index in [1.54, 1.807) is 15.4 Å². The van der Waals surface area contributed by atoms with Crippen molar-refractivity contribution in [3.8, 4) is 17.1 Å². The summed E-state index contributed by atoms with van der Waals surface area (Å²) in [7, 11) is 0. The maximum Gasteiger partial charge on any atom is 0.257 e. The topological polar surface area (TPSA) is 97.6 Å². The Hall–Kier alpha value is -4.47. The van der Waals surface area contributed by atoms with Crippen molar-refractivity contribution in [3.63, 3.8) is 0 Å². The number of amides is 1. The van der Waals surface area contributed by atoms with Gasteiger partial charge in [0.1, 0.15) is 23.6 Å². The predicted octanol–water partition coefficient (Wildman–Crippen LogP) is 3.15. The molecule has 0 spiro atoms. The standard InChI is InChI=1S/C25H24N8O2/c1-17-14-22(33-25(28-17)26-16-27-33)30-10-12-31(13-11-30)24(34)20-15-32(19-6-4-3-5-7-19)29-23(20)21-9-8-18(2)35-21/h3-9,14-16H,10-13H2,1-2H3. The van der Waals surface area contributed by atoms with Crippen LogP contribution in [0.2, 0.25) is 0 Å². The van der Waals surface area contributed by atoms with Gasteiger partial charge in [-0.2, -0.15) is 19.7 Å². The SMILES string of the molecule is Cc1cc(N2CCN(C(=O)c3cn(-c4ccccc4)nc3-c3ccc(C)o3)CC2)n2ncnc2n1. The highest BCUT2D eigenvalue weighted by Crippen LogP contribution is 2.27. The number of anilines is 1. The van der Waals surface area contributed by atoms with Gasteiger partial charge in [0.2, 0.25) is 0 Å². The number of hydrogen-bond donors (Lipinski definition) is 0. The van der Waals surface area contributed by atoms with Gasteiger partial charge in [-0.1, -0.05) is 18.2 Å². The molecule has 1 aliphatic rings. The lowest BCUT2D eigenvalue weighted by molar-refractivity contribution is 0.0747. The van der Waals surface area contributed by atoms with E-state index < -0.39 is 0 Å². The first kappa shape index (κ1) is 21.1. The number of carbonyl (C=O) groups excluding carboxylic acids is 1. The van der Waals surface area contributed by atoms with E-state index in [1.807, 2.05) is 67.3 Å². The van der Waals surface area contributed by atoms with Gasteiger partial charge in [0, 0.05) is 44.1 Å². The van der Waals surface area contributed by atoms with Gasteiger partial charge < -0.3 is 14.2 Å². The number of fused-ring (bicyclic) bond motifs is 1. The number of piperazine rings is 1. The molecule has 1 fully saturated rings. The van der Waals surface area contributed by atoms with E-state index in [-0.39, 0.29) is 5.91 Å². The molecule has 0 radical (unpaired) electrons. The minimum atomic E-state index is -0.0623. The molecule has 0 aliphatic carbocycles. The van der Waals surface area contributed by atoms with E-state index in [0.717, 1.165) is 23.0 Å². The molecule has 10 heteroatoms. The molecule has 176 valence electrons. The average Bonchev–Trinajstić information content (AvgIpc) is 3.63. The fourth-order valence-corrected chi connectivity index (χ4v) is 4.43. The lowest BCUT2D eigenvalue weighted by Crippen LogP contribution is -2.49. The minimum Gasteiger partial charge on any atom is -0.460 e. The van der Waals surface area contributed by atoms with Crippen LogP contribution in [0.3, 0.4) is 0 Å². The molecule has 35 heavy (non-hydrogen) atoms. The molecule has 0 atom stereocenters. The lowest BCUT2D eigenvalue weighted by Gasteiger charge is -2.35. The first-order chi connectivity index (χ1) is 17.1.